The Balaban J connectivity index is 2.02. The number of rotatable bonds is 2. The second-order valence-corrected chi connectivity index (χ2v) is 9.59. The Bertz CT molecular complexity index is 674. The van der Waals surface area contributed by atoms with E-state index in [-0.39, 0.29) is 4.83 Å². The van der Waals surface area contributed by atoms with Gasteiger partial charge in [0.25, 0.3) is 0 Å². The molecule has 1 aromatic heterocycles. The molecule has 3 rings (SSSR count). The molecule has 0 bridgehead atoms. The molecule has 2 heterocycles. The van der Waals surface area contributed by atoms with Gasteiger partial charge in [-0.3, -0.25) is 0 Å². The van der Waals surface area contributed by atoms with E-state index >= 15 is 0 Å². The van der Waals surface area contributed by atoms with Crippen LogP contribution in [0.25, 0.3) is 0 Å². The Morgan fingerprint density at radius 2 is 1.71 bits per heavy atom. The van der Waals surface area contributed by atoms with Gasteiger partial charge in [-0.25, -0.2) is 0 Å². The van der Waals surface area contributed by atoms with Crippen LogP contribution in [0.1, 0.15) is 22.4 Å². The lowest BCUT2D eigenvalue weighted by atomic mass is 10.1. The van der Waals surface area contributed by atoms with E-state index in [1.807, 2.05) is 12.1 Å². The SMILES string of the molecule is Clc1cc2c(cc1C(Br)c1cc(Br)sc1Br)OCCCO2. The second-order valence-electron chi connectivity index (χ2n) is 4.51. The maximum atomic E-state index is 6.43. The molecule has 1 aliphatic rings. The summed E-state index contributed by atoms with van der Waals surface area (Å²) in [6.45, 7) is 1.32. The molecular weight excluding hydrogens is 507 g/mol. The van der Waals surface area contributed by atoms with Crippen LogP contribution in [0.15, 0.2) is 25.8 Å². The molecule has 112 valence electrons. The molecular formula is C14H10Br3ClO2S. The monoisotopic (exact) mass is 514 g/mol. The zero-order valence-corrected chi connectivity index (χ0v) is 17.0. The highest BCUT2D eigenvalue weighted by molar-refractivity contribution is 9.12. The first-order valence-electron chi connectivity index (χ1n) is 6.24. The van der Waals surface area contributed by atoms with Crippen molar-refractivity contribution in [3.8, 4) is 11.5 Å². The molecule has 0 saturated heterocycles. The van der Waals surface area contributed by atoms with E-state index < -0.39 is 0 Å². The van der Waals surface area contributed by atoms with Crippen molar-refractivity contribution in [2.45, 2.75) is 11.2 Å². The number of thiophene rings is 1. The van der Waals surface area contributed by atoms with Crippen LogP contribution < -0.4 is 9.47 Å². The summed E-state index contributed by atoms with van der Waals surface area (Å²) in [6.07, 6.45) is 0.877. The molecule has 0 saturated carbocycles. The van der Waals surface area contributed by atoms with Gasteiger partial charge in [-0.15, -0.1) is 11.3 Å². The van der Waals surface area contributed by atoms with Crippen LogP contribution in [0.3, 0.4) is 0 Å². The molecule has 1 aliphatic heterocycles. The van der Waals surface area contributed by atoms with E-state index in [1.165, 1.54) is 0 Å². The first kappa shape index (κ1) is 16.1. The molecule has 0 fully saturated rings. The summed E-state index contributed by atoms with van der Waals surface area (Å²) in [4.78, 5) is -0.0147. The number of halogens is 4. The third-order valence-electron chi connectivity index (χ3n) is 3.10. The van der Waals surface area contributed by atoms with Crippen LogP contribution in [0, 0.1) is 0 Å². The van der Waals surface area contributed by atoms with Gasteiger partial charge in [0.15, 0.2) is 11.5 Å². The van der Waals surface area contributed by atoms with Crippen molar-refractivity contribution < 1.29 is 9.47 Å². The number of fused-ring (bicyclic) bond motifs is 1. The zero-order chi connectivity index (χ0) is 15.0. The molecule has 21 heavy (non-hydrogen) atoms. The minimum atomic E-state index is -0.0147. The van der Waals surface area contributed by atoms with Gasteiger partial charge in [0.05, 0.1) is 25.6 Å². The number of ether oxygens (including phenoxy) is 2. The number of hydrogen-bond acceptors (Lipinski definition) is 3. The van der Waals surface area contributed by atoms with E-state index in [4.69, 9.17) is 21.1 Å². The van der Waals surface area contributed by atoms with Gasteiger partial charge in [-0.05, 0) is 55.1 Å². The van der Waals surface area contributed by atoms with Gasteiger partial charge in [-0.2, -0.15) is 0 Å². The number of alkyl halides is 1. The Kier molecular flexibility index (Phi) is 5.21. The Labute approximate surface area is 157 Å². The van der Waals surface area contributed by atoms with Crippen molar-refractivity contribution in [1.29, 1.82) is 0 Å². The highest BCUT2D eigenvalue weighted by atomic mass is 79.9. The highest BCUT2D eigenvalue weighted by Crippen LogP contribution is 2.46. The fraction of sp³-hybridized carbons (Fsp3) is 0.286. The van der Waals surface area contributed by atoms with E-state index in [9.17, 15) is 0 Å². The van der Waals surface area contributed by atoms with Gasteiger partial charge in [0, 0.05) is 17.5 Å². The predicted molar refractivity (Wildman–Crippen MR) is 97.5 cm³/mol. The molecule has 1 aromatic carbocycles. The van der Waals surface area contributed by atoms with Crippen LogP contribution in [0.5, 0.6) is 11.5 Å². The summed E-state index contributed by atoms with van der Waals surface area (Å²) in [7, 11) is 0. The Morgan fingerprint density at radius 1 is 1.05 bits per heavy atom. The van der Waals surface area contributed by atoms with Crippen molar-refractivity contribution in [2.75, 3.05) is 13.2 Å². The molecule has 0 spiro atoms. The lowest BCUT2D eigenvalue weighted by Crippen LogP contribution is -1.98. The van der Waals surface area contributed by atoms with Crippen LogP contribution in [0.4, 0.5) is 0 Å². The maximum Gasteiger partial charge on any atom is 0.162 e. The van der Waals surface area contributed by atoms with Gasteiger partial charge >= 0.3 is 0 Å². The van der Waals surface area contributed by atoms with Crippen LogP contribution in [-0.4, -0.2) is 13.2 Å². The van der Waals surface area contributed by atoms with Crippen LogP contribution in [0.2, 0.25) is 5.02 Å². The molecule has 0 amide bonds. The van der Waals surface area contributed by atoms with Crippen molar-refractivity contribution in [3.05, 3.63) is 41.9 Å². The fourth-order valence-electron chi connectivity index (χ4n) is 2.09. The molecule has 2 nitrogen and oxygen atoms in total. The van der Waals surface area contributed by atoms with Crippen LogP contribution >= 0.6 is 70.7 Å². The van der Waals surface area contributed by atoms with Gasteiger partial charge < -0.3 is 9.47 Å². The van der Waals surface area contributed by atoms with E-state index in [2.05, 4.69) is 53.9 Å². The van der Waals surface area contributed by atoms with Crippen molar-refractivity contribution in [2.24, 2.45) is 0 Å². The first-order valence-corrected chi connectivity index (χ1v) is 9.93. The quantitative estimate of drug-likeness (QED) is 0.420. The van der Waals surface area contributed by atoms with Gasteiger partial charge in [0.2, 0.25) is 0 Å². The molecule has 7 heteroatoms. The van der Waals surface area contributed by atoms with Crippen molar-refractivity contribution in [1.82, 2.24) is 0 Å². The fourth-order valence-corrected chi connectivity index (χ4v) is 6.58. The smallest absolute Gasteiger partial charge is 0.162 e. The molecule has 0 aliphatic carbocycles. The minimum absolute atomic E-state index is 0.0147. The van der Waals surface area contributed by atoms with Crippen LogP contribution in [-0.2, 0) is 0 Å². The maximum absolute atomic E-state index is 6.43. The summed E-state index contributed by atoms with van der Waals surface area (Å²) in [5.74, 6) is 1.47. The molecule has 0 N–H and O–H groups in total. The second kappa shape index (κ2) is 6.79. The average molecular weight is 517 g/mol. The van der Waals surface area contributed by atoms with E-state index in [0.29, 0.717) is 24.0 Å². The van der Waals surface area contributed by atoms with Gasteiger partial charge in [-0.1, -0.05) is 27.5 Å². The molecule has 1 unspecified atom stereocenters. The van der Waals surface area contributed by atoms with E-state index in [1.54, 1.807) is 11.3 Å². The Hall–Kier alpha value is 0.250. The third-order valence-corrected chi connectivity index (χ3v) is 6.80. The summed E-state index contributed by atoms with van der Waals surface area (Å²) in [6, 6.07) is 5.87. The van der Waals surface area contributed by atoms with Gasteiger partial charge in [0.1, 0.15) is 0 Å². The number of hydrogen-bond donors (Lipinski definition) is 0. The first-order chi connectivity index (χ1) is 10.1. The average Bonchev–Trinajstić information content (AvgIpc) is 2.64. The summed E-state index contributed by atoms with van der Waals surface area (Å²) >= 11 is 18.9. The van der Waals surface area contributed by atoms with Crippen molar-refractivity contribution >= 4 is 70.7 Å². The molecule has 2 aromatic rings. The number of benzene rings is 1. The summed E-state index contributed by atoms with van der Waals surface area (Å²) < 4.78 is 13.5. The van der Waals surface area contributed by atoms with Crippen molar-refractivity contribution in [3.63, 3.8) is 0 Å². The highest BCUT2D eigenvalue weighted by Gasteiger charge is 2.22. The lowest BCUT2D eigenvalue weighted by Gasteiger charge is -2.15. The minimum Gasteiger partial charge on any atom is -0.490 e. The Morgan fingerprint density at radius 3 is 2.33 bits per heavy atom. The topological polar surface area (TPSA) is 18.5 Å². The predicted octanol–water partition coefficient (Wildman–Crippen LogP) is 6.57. The normalized spacial score (nSPS) is 15.6. The summed E-state index contributed by atoms with van der Waals surface area (Å²) in [5.41, 5.74) is 2.09. The zero-order valence-electron chi connectivity index (χ0n) is 10.7. The summed E-state index contributed by atoms with van der Waals surface area (Å²) in [5, 5.41) is 0.662. The largest absolute Gasteiger partial charge is 0.490 e. The standard InChI is InChI=1S/C14H10Br3ClO2S/c15-12-5-8(14(17)21-12)13(16)7-4-10-11(6-9(7)18)20-3-1-2-19-10/h4-6,13H,1-3H2. The molecule has 1 atom stereocenters. The molecule has 0 radical (unpaired) electrons. The third kappa shape index (κ3) is 3.44. The van der Waals surface area contributed by atoms with E-state index in [0.717, 1.165) is 30.9 Å². The lowest BCUT2D eigenvalue weighted by molar-refractivity contribution is 0.297.